The third-order valence-corrected chi connectivity index (χ3v) is 4.11. The SMILES string of the molecule is CCN(CC)c1ccc(C(=O)N2CCOc3cc(F)ccc32)cn1. The van der Waals surface area contributed by atoms with Crippen LogP contribution in [0.1, 0.15) is 24.2 Å². The molecule has 1 amide bonds. The molecule has 0 unspecified atom stereocenters. The van der Waals surface area contributed by atoms with Gasteiger partial charge in [0.05, 0.1) is 17.8 Å². The lowest BCUT2D eigenvalue weighted by molar-refractivity contribution is 0.0976. The summed E-state index contributed by atoms with van der Waals surface area (Å²) in [6.45, 7) is 6.61. The number of amides is 1. The minimum atomic E-state index is -0.381. The Labute approximate surface area is 140 Å². The molecule has 1 aliphatic heterocycles. The number of carbonyl (C=O) groups is 1. The van der Waals surface area contributed by atoms with E-state index in [9.17, 15) is 9.18 Å². The fourth-order valence-electron chi connectivity index (χ4n) is 2.81. The third kappa shape index (κ3) is 3.04. The maximum Gasteiger partial charge on any atom is 0.260 e. The molecule has 2 aromatic rings. The van der Waals surface area contributed by atoms with Crippen molar-refractivity contribution in [2.45, 2.75) is 13.8 Å². The number of pyridine rings is 1. The molecule has 0 spiro atoms. The van der Waals surface area contributed by atoms with Crippen LogP contribution in [-0.4, -0.2) is 37.1 Å². The van der Waals surface area contributed by atoms with E-state index < -0.39 is 0 Å². The Morgan fingerprint density at radius 2 is 2.08 bits per heavy atom. The average Bonchev–Trinajstić information content (AvgIpc) is 2.62. The zero-order valence-corrected chi connectivity index (χ0v) is 13.8. The maximum atomic E-state index is 13.3. The van der Waals surface area contributed by atoms with Crippen LogP contribution in [0.4, 0.5) is 15.9 Å². The van der Waals surface area contributed by atoms with Gasteiger partial charge in [0.15, 0.2) is 0 Å². The summed E-state index contributed by atoms with van der Waals surface area (Å²) in [5.41, 5.74) is 1.09. The van der Waals surface area contributed by atoms with E-state index in [4.69, 9.17) is 4.74 Å². The molecule has 0 saturated carbocycles. The summed E-state index contributed by atoms with van der Waals surface area (Å²) in [5.74, 6) is 0.696. The summed E-state index contributed by atoms with van der Waals surface area (Å²) in [5, 5.41) is 0. The van der Waals surface area contributed by atoms with Gasteiger partial charge in [-0.15, -0.1) is 0 Å². The van der Waals surface area contributed by atoms with Gasteiger partial charge in [0, 0.05) is 25.4 Å². The van der Waals surface area contributed by atoms with E-state index in [1.54, 1.807) is 23.2 Å². The molecular formula is C18H20FN3O2. The largest absolute Gasteiger partial charge is 0.489 e. The molecule has 6 heteroatoms. The summed E-state index contributed by atoms with van der Waals surface area (Å²) in [4.78, 5) is 20.9. The van der Waals surface area contributed by atoms with Crippen molar-refractivity contribution in [2.24, 2.45) is 0 Å². The van der Waals surface area contributed by atoms with Gasteiger partial charge in [-0.25, -0.2) is 9.37 Å². The van der Waals surface area contributed by atoms with Gasteiger partial charge in [0.1, 0.15) is 24.0 Å². The molecule has 0 radical (unpaired) electrons. The van der Waals surface area contributed by atoms with Crippen molar-refractivity contribution in [3.05, 3.63) is 47.9 Å². The Morgan fingerprint density at radius 1 is 1.29 bits per heavy atom. The average molecular weight is 329 g/mol. The molecule has 5 nitrogen and oxygen atoms in total. The van der Waals surface area contributed by atoms with Crippen LogP contribution in [0.15, 0.2) is 36.5 Å². The van der Waals surface area contributed by atoms with Crippen molar-refractivity contribution in [3.63, 3.8) is 0 Å². The van der Waals surface area contributed by atoms with Gasteiger partial charge in [-0.3, -0.25) is 4.79 Å². The number of fused-ring (bicyclic) bond motifs is 1. The van der Waals surface area contributed by atoms with Crippen LogP contribution in [0.25, 0.3) is 0 Å². The molecule has 1 aliphatic rings. The fraction of sp³-hybridized carbons (Fsp3) is 0.333. The van der Waals surface area contributed by atoms with Gasteiger partial charge in [-0.1, -0.05) is 0 Å². The summed E-state index contributed by atoms with van der Waals surface area (Å²) in [7, 11) is 0. The van der Waals surface area contributed by atoms with Gasteiger partial charge in [0.2, 0.25) is 0 Å². The van der Waals surface area contributed by atoms with E-state index in [1.165, 1.54) is 12.1 Å². The highest BCUT2D eigenvalue weighted by Gasteiger charge is 2.25. The lowest BCUT2D eigenvalue weighted by Crippen LogP contribution is -2.38. The standard InChI is InChI=1S/C18H20FN3O2/c1-3-21(4-2)17-8-5-13(12-20-17)18(23)22-9-10-24-16-11-14(19)6-7-15(16)22/h5-8,11-12H,3-4,9-10H2,1-2H3. The maximum absolute atomic E-state index is 13.3. The molecule has 0 bridgehead atoms. The van der Waals surface area contributed by atoms with Crippen LogP contribution in [-0.2, 0) is 0 Å². The van der Waals surface area contributed by atoms with Gasteiger partial charge in [-0.2, -0.15) is 0 Å². The first-order valence-corrected chi connectivity index (χ1v) is 8.09. The van der Waals surface area contributed by atoms with Crippen molar-refractivity contribution in [1.82, 2.24) is 4.98 Å². The Bertz CT molecular complexity index is 730. The summed E-state index contributed by atoms with van der Waals surface area (Å²) in [6, 6.07) is 7.83. The van der Waals surface area contributed by atoms with Gasteiger partial charge >= 0.3 is 0 Å². The second-order valence-corrected chi connectivity index (χ2v) is 5.49. The molecular weight excluding hydrogens is 309 g/mol. The number of hydrogen-bond donors (Lipinski definition) is 0. The van der Waals surface area contributed by atoms with E-state index in [2.05, 4.69) is 23.7 Å². The fourth-order valence-corrected chi connectivity index (χ4v) is 2.81. The molecule has 1 aromatic heterocycles. The van der Waals surface area contributed by atoms with E-state index in [0.717, 1.165) is 18.9 Å². The van der Waals surface area contributed by atoms with E-state index >= 15 is 0 Å². The van der Waals surface area contributed by atoms with Crippen molar-refractivity contribution < 1.29 is 13.9 Å². The zero-order valence-electron chi connectivity index (χ0n) is 13.8. The summed E-state index contributed by atoms with van der Waals surface area (Å²) < 4.78 is 18.8. The monoisotopic (exact) mass is 329 g/mol. The second-order valence-electron chi connectivity index (χ2n) is 5.49. The first-order chi connectivity index (χ1) is 11.6. The van der Waals surface area contributed by atoms with E-state index in [-0.39, 0.29) is 11.7 Å². The Balaban J connectivity index is 1.85. The highest BCUT2D eigenvalue weighted by molar-refractivity contribution is 6.07. The molecule has 24 heavy (non-hydrogen) atoms. The molecule has 2 heterocycles. The van der Waals surface area contributed by atoms with Crippen LogP contribution < -0.4 is 14.5 Å². The minimum absolute atomic E-state index is 0.162. The van der Waals surface area contributed by atoms with Crippen LogP contribution in [0.3, 0.4) is 0 Å². The van der Waals surface area contributed by atoms with Gasteiger partial charge in [-0.05, 0) is 38.1 Å². The van der Waals surface area contributed by atoms with Crippen molar-refractivity contribution in [3.8, 4) is 5.75 Å². The van der Waals surface area contributed by atoms with Crippen molar-refractivity contribution in [1.29, 1.82) is 0 Å². The van der Waals surface area contributed by atoms with Crippen LogP contribution in [0.5, 0.6) is 5.75 Å². The highest BCUT2D eigenvalue weighted by atomic mass is 19.1. The molecule has 0 saturated heterocycles. The Morgan fingerprint density at radius 3 is 2.75 bits per heavy atom. The zero-order chi connectivity index (χ0) is 17.1. The predicted molar refractivity (Wildman–Crippen MR) is 91.4 cm³/mol. The quantitative estimate of drug-likeness (QED) is 0.865. The topological polar surface area (TPSA) is 45.7 Å². The normalized spacial score (nSPS) is 13.2. The molecule has 0 aliphatic carbocycles. The summed E-state index contributed by atoms with van der Waals surface area (Å²) >= 11 is 0. The number of rotatable bonds is 4. The molecule has 0 N–H and O–H groups in total. The van der Waals surface area contributed by atoms with E-state index in [1.807, 2.05) is 6.07 Å². The smallest absolute Gasteiger partial charge is 0.260 e. The lowest BCUT2D eigenvalue weighted by Gasteiger charge is -2.29. The Hall–Kier alpha value is -2.63. The molecule has 3 rings (SSSR count). The number of anilines is 2. The number of halogens is 1. The number of nitrogens with zero attached hydrogens (tertiary/aromatic N) is 3. The van der Waals surface area contributed by atoms with Gasteiger partial charge in [0.25, 0.3) is 5.91 Å². The predicted octanol–water partition coefficient (Wildman–Crippen LogP) is 3.11. The molecule has 0 atom stereocenters. The summed E-state index contributed by atoms with van der Waals surface area (Å²) in [6.07, 6.45) is 1.59. The lowest BCUT2D eigenvalue weighted by atomic mass is 10.2. The third-order valence-electron chi connectivity index (χ3n) is 4.11. The minimum Gasteiger partial charge on any atom is -0.489 e. The van der Waals surface area contributed by atoms with Gasteiger partial charge < -0.3 is 14.5 Å². The second kappa shape index (κ2) is 6.86. The number of benzene rings is 1. The first kappa shape index (κ1) is 16.2. The van der Waals surface area contributed by atoms with Crippen LogP contribution in [0.2, 0.25) is 0 Å². The van der Waals surface area contributed by atoms with Crippen molar-refractivity contribution >= 4 is 17.4 Å². The number of aromatic nitrogens is 1. The van der Waals surface area contributed by atoms with Crippen molar-refractivity contribution in [2.75, 3.05) is 36.0 Å². The Kier molecular flexibility index (Phi) is 4.64. The number of ether oxygens (including phenoxy) is 1. The molecule has 1 aromatic carbocycles. The first-order valence-electron chi connectivity index (χ1n) is 8.09. The van der Waals surface area contributed by atoms with Crippen LogP contribution >= 0.6 is 0 Å². The van der Waals surface area contributed by atoms with Crippen LogP contribution in [0, 0.1) is 5.82 Å². The number of carbonyl (C=O) groups excluding carboxylic acids is 1. The highest BCUT2D eigenvalue weighted by Crippen LogP contribution is 2.33. The van der Waals surface area contributed by atoms with E-state index in [0.29, 0.717) is 30.2 Å². The number of hydrogen-bond acceptors (Lipinski definition) is 4. The molecule has 0 fully saturated rings. The molecule has 126 valence electrons.